The van der Waals surface area contributed by atoms with Crippen molar-refractivity contribution in [1.29, 1.82) is 0 Å². The summed E-state index contributed by atoms with van der Waals surface area (Å²) in [6, 6.07) is 0. The molecule has 0 unspecified atom stereocenters. The van der Waals surface area contributed by atoms with E-state index in [-0.39, 0.29) is 0 Å². The van der Waals surface area contributed by atoms with Crippen molar-refractivity contribution in [1.82, 2.24) is 0 Å². The Hall–Kier alpha value is -0.300. The highest BCUT2D eigenvalue weighted by atomic mass is 14.5. The summed E-state index contributed by atoms with van der Waals surface area (Å²) in [4.78, 5) is 0. The lowest BCUT2D eigenvalue weighted by atomic mass is 10.4. The molecule has 0 aromatic rings. The highest BCUT2D eigenvalue weighted by Gasteiger charge is 1.59. The maximum atomic E-state index is 5.13. The molecule has 0 aromatic heterocycles. The molecule has 1 nitrogen and oxygen atoms in total. The Morgan fingerprint density at radius 1 is 1.50 bits per heavy atom. The molecule has 0 aliphatic heterocycles. The van der Waals surface area contributed by atoms with E-state index in [0.717, 1.165) is 6.42 Å². The normalized spacial score (nSPS) is 10.3. The van der Waals surface area contributed by atoms with E-state index < -0.39 is 0 Å². The minimum atomic E-state index is 0.674. The third-order valence-corrected chi connectivity index (χ3v) is 0.538. The number of rotatable bonds is 2. The van der Waals surface area contributed by atoms with Crippen LogP contribution in [-0.2, 0) is 0 Å². The number of nitrogens with two attached hydrogens (primary N) is 1. The zero-order valence-electron chi connectivity index (χ0n) is 4.15. The first-order valence-electron chi connectivity index (χ1n) is 2.27. The van der Waals surface area contributed by atoms with Crippen molar-refractivity contribution in [3.63, 3.8) is 0 Å². The number of allylic oxidation sites excluding steroid dienone is 1. The SMILES string of the molecule is CC/C=C/CN. The van der Waals surface area contributed by atoms with Crippen LogP contribution >= 0.6 is 0 Å². The van der Waals surface area contributed by atoms with Crippen molar-refractivity contribution in [3.8, 4) is 0 Å². The van der Waals surface area contributed by atoms with Gasteiger partial charge in [-0.1, -0.05) is 19.1 Å². The van der Waals surface area contributed by atoms with Crippen LogP contribution in [0.15, 0.2) is 12.2 Å². The molecule has 0 fully saturated rings. The Kier molecular flexibility index (Phi) is 4.46. The molecule has 0 saturated carbocycles. The Bertz CT molecular complexity index is 33.2. The van der Waals surface area contributed by atoms with E-state index in [1.807, 2.05) is 6.08 Å². The molecule has 1 heteroatoms. The fraction of sp³-hybridized carbons (Fsp3) is 0.600. The van der Waals surface area contributed by atoms with Crippen molar-refractivity contribution in [2.24, 2.45) is 5.73 Å². The molecular weight excluding hydrogens is 74.1 g/mol. The summed E-state index contributed by atoms with van der Waals surface area (Å²) < 4.78 is 0. The van der Waals surface area contributed by atoms with E-state index in [2.05, 4.69) is 13.0 Å². The Balaban J connectivity index is 2.73. The van der Waals surface area contributed by atoms with E-state index in [4.69, 9.17) is 5.73 Å². The second-order valence-corrected chi connectivity index (χ2v) is 1.12. The maximum Gasteiger partial charge on any atom is 0.0106 e. The minimum absolute atomic E-state index is 0.674. The molecule has 2 N–H and O–H groups in total. The summed E-state index contributed by atoms with van der Waals surface area (Å²) in [5.74, 6) is 0. The third kappa shape index (κ3) is 3.70. The molecule has 0 radical (unpaired) electrons. The molecule has 0 saturated heterocycles. The van der Waals surface area contributed by atoms with Gasteiger partial charge in [0.2, 0.25) is 0 Å². The van der Waals surface area contributed by atoms with E-state index in [1.165, 1.54) is 0 Å². The van der Waals surface area contributed by atoms with E-state index in [9.17, 15) is 0 Å². The van der Waals surface area contributed by atoms with Gasteiger partial charge in [0, 0.05) is 6.54 Å². The van der Waals surface area contributed by atoms with Crippen LogP contribution in [0.1, 0.15) is 13.3 Å². The average Bonchev–Trinajstić information content (AvgIpc) is 1.61. The molecule has 36 valence electrons. The highest BCUT2D eigenvalue weighted by Crippen LogP contribution is 1.73. The molecule has 0 amide bonds. The van der Waals surface area contributed by atoms with Crippen LogP contribution in [0.25, 0.3) is 0 Å². The molecule has 6 heavy (non-hydrogen) atoms. The Morgan fingerprint density at radius 2 is 2.17 bits per heavy atom. The van der Waals surface area contributed by atoms with E-state index in [0.29, 0.717) is 6.54 Å². The molecule has 0 atom stereocenters. The number of hydrogen-bond donors (Lipinski definition) is 1. The van der Waals surface area contributed by atoms with Gasteiger partial charge >= 0.3 is 0 Å². The first-order valence-corrected chi connectivity index (χ1v) is 2.27. The molecular formula is C5H11N. The molecule has 0 aromatic carbocycles. The van der Waals surface area contributed by atoms with Gasteiger partial charge in [-0.05, 0) is 6.42 Å². The van der Waals surface area contributed by atoms with Crippen LogP contribution in [0.5, 0.6) is 0 Å². The molecule has 0 spiro atoms. The second-order valence-electron chi connectivity index (χ2n) is 1.12. The van der Waals surface area contributed by atoms with Crippen LogP contribution in [0, 0.1) is 0 Å². The van der Waals surface area contributed by atoms with Crippen molar-refractivity contribution >= 4 is 0 Å². The summed E-state index contributed by atoms with van der Waals surface area (Å²) in [5, 5.41) is 0. The fourth-order valence-corrected chi connectivity index (χ4v) is 0.263. The van der Waals surface area contributed by atoms with Gasteiger partial charge in [-0.3, -0.25) is 0 Å². The predicted octanol–water partition coefficient (Wildman–Crippen LogP) is 0.911. The number of hydrogen-bond acceptors (Lipinski definition) is 1. The summed E-state index contributed by atoms with van der Waals surface area (Å²) >= 11 is 0. The second kappa shape index (κ2) is 4.70. The Labute approximate surface area is 38.8 Å². The third-order valence-electron chi connectivity index (χ3n) is 0.538. The lowest BCUT2D eigenvalue weighted by Crippen LogP contribution is -1.91. The van der Waals surface area contributed by atoms with Crippen LogP contribution in [0.4, 0.5) is 0 Å². The topological polar surface area (TPSA) is 26.0 Å². The monoisotopic (exact) mass is 85.1 g/mol. The Morgan fingerprint density at radius 3 is 2.33 bits per heavy atom. The quantitative estimate of drug-likeness (QED) is 0.495. The molecule has 0 rings (SSSR count). The first-order chi connectivity index (χ1) is 2.91. The minimum Gasteiger partial charge on any atom is -0.327 e. The van der Waals surface area contributed by atoms with Gasteiger partial charge in [0.25, 0.3) is 0 Å². The molecule has 0 aliphatic carbocycles. The van der Waals surface area contributed by atoms with Crippen LogP contribution in [0.3, 0.4) is 0 Å². The molecule has 0 aliphatic rings. The summed E-state index contributed by atoms with van der Waals surface area (Å²) in [7, 11) is 0. The van der Waals surface area contributed by atoms with Gasteiger partial charge in [0.05, 0.1) is 0 Å². The zero-order chi connectivity index (χ0) is 4.83. The van der Waals surface area contributed by atoms with Crippen LogP contribution < -0.4 is 5.73 Å². The summed E-state index contributed by atoms with van der Waals surface area (Å²) in [5.41, 5.74) is 5.13. The van der Waals surface area contributed by atoms with Crippen molar-refractivity contribution in [2.45, 2.75) is 13.3 Å². The van der Waals surface area contributed by atoms with Gasteiger partial charge in [-0.15, -0.1) is 0 Å². The maximum absolute atomic E-state index is 5.13. The highest BCUT2D eigenvalue weighted by molar-refractivity contribution is 4.80. The summed E-state index contributed by atoms with van der Waals surface area (Å²) in [6.45, 7) is 2.76. The van der Waals surface area contributed by atoms with Gasteiger partial charge < -0.3 is 5.73 Å². The standard InChI is InChI=1S/C5H11N/c1-2-3-4-5-6/h3-4H,2,5-6H2,1H3/b4-3+. The van der Waals surface area contributed by atoms with Crippen molar-refractivity contribution in [2.75, 3.05) is 6.54 Å². The van der Waals surface area contributed by atoms with Gasteiger partial charge in [-0.25, -0.2) is 0 Å². The fourth-order valence-electron chi connectivity index (χ4n) is 0.263. The first kappa shape index (κ1) is 5.70. The zero-order valence-corrected chi connectivity index (χ0v) is 4.15. The average molecular weight is 85.2 g/mol. The van der Waals surface area contributed by atoms with Gasteiger partial charge in [0.15, 0.2) is 0 Å². The molecule has 0 bridgehead atoms. The predicted molar refractivity (Wildman–Crippen MR) is 28.5 cm³/mol. The smallest absolute Gasteiger partial charge is 0.0106 e. The summed E-state index contributed by atoms with van der Waals surface area (Å²) in [6.07, 6.45) is 5.11. The van der Waals surface area contributed by atoms with Crippen LogP contribution in [-0.4, -0.2) is 6.54 Å². The van der Waals surface area contributed by atoms with Gasteiger partial charge in [-0.2, -0.15) is 0 Å². The van der Waals surface area contributed by atoms with E-state index >= 15 is 0 Å². The van der Waals surface area contributed by atoms with Crippen molar-refractivity contribution in [3.05, 3.63) is 12.2 Å². The lowest BCUT2D eigenvalue weighted by molar-refractivity contribution is 1.17. The van der Waals surface area contributed by atoms with E-state index in [1.54, 1.807) is 0 Å². The van der Waals surface area contributed by atoms with Crippen molar-refractivity contribution < 1.29 is 0 Å². The van der Waals surface area contributed by atoms with Gasteiger partial charge in [0.1, 0.15) is 0 Å². The molecule has 0 heterocycles. The van der Waals surface area contributed by atoms with Crippen LogP contribution in [0.2, 0.25) is 0 Å². The largest absolute Gasteiger partial charge is 0.327 e. The lowest BCUT2D eigenvalue weighted by Gasteiger charge is -1.73.